The molecule has 2 aromatic carbocycles. The molecule has 2 rings (SSSR count). The lowest BCUT2D eigenvalue weighted by molar-refractivity contribution is -0.137. The second-order valence-corrected chi connectivity index (χ2v) is 6.77. The average molecular weight is 379 g/mol. The Bertz CT molecular complexity index is 758. The van der Waals surface area contributed by atoms with Gasteiger partial charge in [-0.1, -0.05) is 36.4 Å². The Balaban J connectivity index is 1.89. The van der Waals surface area contributed by atoms with Crippen molar-refractivity contribution in [3.8, 4) is 0 Å². The third kappa shape index (κ3) is 6.60. The van der Waals surface area contributed by atoms with Crippen molar-refractivity contribution in [2.75, 3.05) is 21.1 Å². The van der Waals surface area contributed by atoms with Crippen molar-refractivity contribution in [2.45, 2.75) is 25.8 Å². The van der Waals surface area contributed by atoms with Crippen LogP contribution in [-0.2, 0) is 25.8 Å². The molecule has 0 bridgehead atoms. The zero-order valence-corrected chi connectivity index (χ0v) is 15.7. The first-order valence-electron chi connectivity index (χ1n) is 8.53. The highest BCUT2D eigenvalue weighted by atomic mass is 19.4. The molecule has 0 saturated carbocycles. The molecule has 2 amide bonds. The van der Waals surface area contributed by atoms with Crippen molar-refractivity contribution in [3.05, 3.63) is 70.8 Å². The Morgan fingerprint density at radius 2 is 1.56 bits per heavy atom. The molecule has 0 aliphatic rings. The minimum atomic E-state index is -4.39. The Kier molecular flexibility index (Phi) is 6.85. The van der Waals surface area contributed by atoms with E-state index in [-0.39, 0.29) is 12.6 Å². The van der Waals surface area contributed by atoms with E-state index < -0.39 is 11.7 Å². The van der Waals surface area contributed by atoms with Crippen molar-refractivity contribution in [1.82, 2.24) is 15.1 Å². The summed E-state index contributed by atoms with van der Waals surface area (Å²) in [4.78, 5) is 15.6. The fraction of sp³-hybridized carbons (Fsp3) is 0.350. The highest BCUT2D eigenvalue weighted by Gasteiger charge is 2.30. The molecule has 0 spiro atoms. The van der Waals surface area contributed by atoms with E-state index in [4.69, 9.17) is 0 Å². The highest BCUT2D eigenvalue weighted by molar-refractivity contribution is 5.73. The van der Waals surface area contributed by atoms with Gasteiger partial charge in [-0.25, -0.2) is 4.79 Å². The average Bonchev–Trinajstić information content (AvgIpc) is 2.60. The van der Waals surface area contributed by atoms with Gasteiger partial charge in [0.15, 0.2) is 0 Å². The summed E-state index contributed by atoms with van der Waals surface area (Å²) in [6.45, 7) is 1.29. The second-order valence-electron chi connectivity index (χ2n) is 6.77. The molecule has 0 fully saturated rings. The third-order valence-electron chi connectivity index (χ3n) is 3.99. The van der Waals surface area contributed by atoms with E-state index in [2.05, 4.69) is 10.2 Å². The maximum absolute atomic E-state index is 12.8. The molecule has 0 aromatic heterocycles. The van der Waals surface area contributed by atoms with E-state index in [0.717, 1.165) is 24.2 Å². The van der Waals surface area contributed by atoms with Gasteiger partial charge in [0.05, 0.1) is 5.56 Å². The molecular weight excluding hydrogens is 355 g/mol. The van der Waals surface area contributed by atoms with Crippen LogP contribution < -0.4 is 5.32 Å². The Labute approximate surface area is 157 Å². The maximum Gasteiger partial charge on any atom is 0.416 e. The second kappa shape index (κ2) is 8.90. The molecular formula is C20H24F3N3O. The number of alkyl halides is 3. The molecule has 0 aliphatic heterocycles. The summed E-state index contributed by atoms with van der Waals surface area (Å²) in [6.07, 6.45) is -4.39. The Morgan fingerprint density at radius 3 is 2.15 bits per heavy atom. The molecule has 1 N–H and O–H groups in total. The number of urea groups is 1. The summed E-state index contributed by atoms with van der Waals surface area (Å²) in [5, 5.41) is 2.78. The molecule has 7 heteroatoms. The van der Waals surface area contributed by atoms with Crippen molar-refractivity contribution < 1.29 is 18.0 Å². The number of carbonyl (C=O) groups excluding carboxylic acids is 1. The number of carbonyl (C=O) groups is 1. The fourth-order valence-corrected chi connectivity index (χ4v) is 2.63. The number of amides is 2. The first kappa shape index (κ1) is 20.8. The molecule has 146 valence electrons. The monoisotopic (exact) mass is 379 g/mol. The summed E-state index contributed by atoms with van der Waals surface area (Å²) in [5.74, 6) is 0. The molecule has 0 saturated heterocycles. The normalized spacial score (nSPS) is 11.5. The Hall–Kier alpha value is -2.54. The lowest BCUT2D eigenvalue weighted by Gasteiger charge is -2.19. The van der Waals surface area contributed by atoms with E-state index in [1.54, 1.807) is 13.1 Å². The lowest BCUT2D eigenvalue weighted by Crippen LogP contribution is -2.36. The summed E-state index contributed by atoms with van der Waals surface area (Å²) in [5.41, 5.74) is 1.84. The molecule has 0 heterocycles. The number of nitrogens with one attached hydrogen (secondary N) is 1. The van der Waals surface area contributed by atoms with Crippen molar-refractivity contribution >= 4 is 6.03 Å². The number of rotatable bonds is 6. The number of hydrogen-bond donors (Lipinski definition) is 1. The summed E-state index contributed by atoms with van der Waals surface area (Å²) in [7, 11) is 5.54. The Morgan fingerprint density at radius 1 is 0.926 bits per heavy atom. The van der Waals surface area contributed by atoms with Gasteiger partial charge >= 0.3 is 12.2 Å². The summed E-state index contributed by atoms with van der Waals surface area (Å²) in [6, 6.07) is 12.6. The SMILES string of the molecule is CN(C)Cc1ccc(CNC(=O)N(C)Cc2cccc(C(F)(F)F)c2)cc1. The first-order chi connectivity index (χ1) is 12.6. The lowest BCUT2D eigenvalue weighted by atomic mass is 10.1. The number of halogens is 3. The quantitative estimate of drug-likeness (QED) is 0.820. The van der Waals surface area contributed by atoms with Gasteiger partial charge in [0.25, 0.3) is 0 Å². The van der Waals surface area contributed by atoms with E-state index in [9.17, 15) is 18.0 Å². The van der Waals surface area contributed by atoms with Gasteiger partial charge in [-0.15, -0.1) is 0 Å². The van der Waals surface area contributed by atoms with Crippen LogP contribution in [0.2, 0.25) is 0 Å². The minimum absolute atomic E-state index is 0.0948. The van der Waals surface area contributed by atoms with Crippen molar-refractivity contribution in [1.29, 1.82) is 0 Å². The standard InChI is InChI=1S/C20H24F3N3O/c1-25(2)13-16-9-7-15(8-10-16)12-24-19(27)26(3)14-17-5-4-6-18(11-17)20(21,22)23/h4-11H,12-14H2,1-3H3,(H,24,27). The van der Waals surface area contributed by atoms with Gasteiger partial charge in [0.1, 0.15) is 0 Å². The fourth-order valence-electron chi connectivity index (χ4n) is 2.63. The maximum atomic E-state index is 12.8. The minimum Gasteiger partial charge on any atom is -0.334 e. The zero-order chi connectivity index (χ0) is 20.0. The van der Waals surface area contributed by atoms with Crippen LogP contribution in [0.25, 0.3) is 0 Å². The smallest absolute Gasteiger partial charge is 0.334 e. The van der Waals surface area contributed by atoms with Crippen molar-refractivity contribution in [2.24, 2.45) is 0 Å². The van der Waals surface area contributed by atoms with Gasteiger partial charge in [-0.2, -0.15) is 13.2 Å². The first-order valence-corrected chi connectivity index (χ1v) is 8.53. The van der Waals surface area contributed by atoms with Crippen LogP contribution in [0, 0.1) is 0 Å². The molecule has 0 unspecified atom stereocenters. The van der Waals surface area contributed by atoms with Crippen LogP contribution in [0.5, 0.6) is 0 Å². The molecule has 4 nitrogen and oxygen atoms in total. The van der Waals surface area contributed by atoms with Crippen LogP contribution in [0.15, 0.2) is 48.5 Å². The summed E-state index contributed by atoms with van der Waals surface area (Å²) >= 11 is 0. The molecule has 27 heavy (non-hydrogen) atoms. The van der Waals surface area contributed by atoms with Crippen LogP contribution >= 0.6 is 0 Å². The van der Waals surface area contributed by atoms with Gasteiger partial charge in [0, 0.05) is 26.7 Å². The van der Waals surface area contributed by atoms with Crippen LogP contribution in [-0.4, -0.2) is 37.0 Å². The van der Waals surface area contributed by atoms with E-state index in [0.29, 0.717) is 12.1 Å². The number of hydrogen-bond acceptors (Lipinski definition) is 2. The number of benzene rings is 2. The third-order valence-corrected chi connectivity index (χ3v) is 3.99. The van der Waals surface area contributed by atoms with Crippen LogP contribution in [0.4, 0.5) is 18.0 Å². The molecule has 0 radical (unpaired) electrons. The summed E-state index contributed by atoms with van der Waals surface area (Å²) < 4.78 is 38.3. The molecule has 2 aromatic rings. The van der Waals surface area contributed by atoms with Crippen molar-refractivity contribution in [3.63, 3.8) is 0 Å². The highest BCUT2D eigenvalue weighted by Crippen LogP contribution is 2.29. The van der Waals surface area contributed by atoms with E-state index in [1.165, 1.54) is 16.5 Å². The van der Waals surface area contributed by atoms with E-state index in [1.807, 2.05) is 38.4 Å². The van der Waals surface area contributed by atoms with Gasteiger partial charge in [-0.05, 0) is 42.9 Å². The number of nitrogens with zero attached hydrogens (tertiary/aromatic N) is 2. The van der Waals surface area contributed by atoms with Gasteiger partial charge in [0.2, 0.25) is 0 Å². The largest absolute Gasteiger partial charge is 0.416 e. The zero-order valence-electron chi connectivity index (χ0n) is 15.7. The predicted octanol–water partition coefficient (Wildman–Crippen LogP) is 4.11. The molecule has 0 atom stereocenters. The van der Waals surface area contributed by atoms with E-state index >= 15 is 0 Å². The van der Waals surface area contributed by atoms with Gasteiger partial charge < -0.3 is 15.1 Å². The van der Waals surface area contributed by atoms with Gasteiger partial charge in [-0.3, -0.25) is 0 Å². The van der Waals surface area contributed by atoms with Crippen LogP contribution in [0.1, 0.15) is 22.3 Å². The van der Waals surface area contributed by atoms with Crippen LogP contribution in [0.3, 0.4) is 0 Å². The topological polar surface area (TPSA) is 35.6 Å². The molecule has 0 aliphatic carbocycles. The predicted molar refractivity (Wildman–Crippen MR) is 99.0 cm³/mol.